The predicted molar refractivity (Wildman–Crippen MR) is 100 cm³/mol. The van der Waals surface area contributed by atoms with Crippen molar-refractivity contribution in [3.05, 3.63) is 35.4 Å². The minimum Gasteiger partial charge on any atom is -0.467 e. The van der Waals surface area contributed by atoms with Crippen LogP contribution in [-0.4, -0.2) is 67.5 Å². The van der Waals surface area contributed by atoms with Gasteiger partial charge in [-0.25, -0.2) is 9.59 Å². The Bertz CT molecular complexity index is 752. The molecule has 0 saturated carbocycles. The molecule has 1 saturated heterocycles. The average Bonchev–Trinajstić information content (AvgIpc) is 3.35. The Morgan fingerprint density at radius 1 is 1.36 bits per heavy atom. The van der Waals surface area contributed by atoms with E-state index in [0.29, 0.717) is 11.5 Å². The summed E-state index contributed by atoms with van der Waals surface area (Å²) < 4.78 is 10.6. The van der Waals surface area contributed by atoms with Gasteiger partial charge in [-0.15, -0.1) is 0 Å². The van der Waals surface area contributed by atoms with Crippen LogP contribution >= 0.6 is 0 Å². The van der Waals surface area contributed by atoms with E-state index < -0.39 is 18.0 Å². The number of hydrogen-bond acceptors (Lipinski definition) is 6. The van der Waals surface area contributed by atoms with E-state index in [1.165, 1.54) is 6.26 Å². The number of hydrogen-bond donors (Lipinski definition) is 2. The second-order valence-corrected chi connectivity index (χ2v) is 6.92. The van der Waals surface area contributed by atoms with Crippen LogP contribution in [0.5, 0.6) is 0 Å². The van der Waals surface area contributed by atoms with E-state index in [2.05, 4.69) is 10.6 Å². The van der Waals surface area contributed by atoms with Gasteiger partial charge >= 0.3 is 12.0 Å². The number of nitrogens with zero attached hydrogens (tertiary/aromatic N) is 2. The molecule has 28 heavy (non-hydrogen) atoms. The number of carbonyl (C=O) groups is 3. The fraction of sp³-hybridized carbons (Fsp3) is 0.526. The van der Waals surface area contributed by atoms with Crippen LogP contribution in [0.4, 0.5) is 4.79 Å². The van der Waals surface area contributed by atoms with Crippen molar-refractivity contribution in [3.63, 3.8) is 0 Å². The molecular formula is C19H26N4O5. The molecule has 3 rings (SSSR count). The molecular weight excluding hydrogens is 364 g/mol. The molecule has 0 bridgehead atoms. The third-order valence-electron chi connectivity index (χ3n) is 4.77. The predicted octanol–water partition coefficient (Wildman–Crippen LogP) is 1.00. The first kappa shape index (κ1) is 19.9. The summed E-state index contributed by atoms with van der Waals surface area (Å²) in [6.07, 6.45) is 3.53. The van der Waals surface area contributed by atoms with Gasteiger partial charge in [0, 0.05) is 25.3 Å². The fourth-order valence-electron chi connectivity index (χ4n) is 3.48. The minimum absolute atomic E-state index is 0.0427. The van der Waals surface area contributed by atoms with Crippen LogP contribution in [-0.2, 0) is 14.3 Å². The van der Waals surface area contributed by atoms with Gasteiger partial charge in [-0.05, 0) is 38.9 Å². The third-order valence-corrected chi connectivity index (χ3v) is 4.77. The molecule has 152 valence electrons. The number of ether oxygens (including phenoxy) is 1. The zero-order valence-electron chi connectivity index (χ0n) is 16.2. The molecule has 3 heterocycles. The Morgan fingerprint density at radius 3 is 2.75 bits per heavy atom. The van der Waals surface area contributed by atoms with E-state index >= 15 is 0 Å². The highest BCUT2D eigenvalue weighted by molar-refractivity contribution is 5.95. The van der Waals surface area contributed by atoms with Crippen LogP contribution in [0, 0.1) is 0 Å². The molecule has 0 radical (unpaired) electrons. The smallest absolute Gasteiger partial charge is 0.338 e. The van der Waals surface area contributed by atoms with E-state index in [4.69, 9.17) is 9.15 Å². The van der Waals surface area contributed by atoms with Crippen molar-refractivity contribution in [2.75, 3.05) is 39.8 Å². The first-order valence-electron chi connectivity index (χ1n) is 9.47. The van der Waals surface area contributed by atoms with Gasteiger partial charge in [0.25, 0.3) is 0 Å². The van der Waals surface area contributed by atoms with Gasteiger partial charge in [0.2, 0.25) is 5.91 Å². The Morgan fingerprint density at radius 2 is 2.11 bits per heavy atom. The largest absolute Gasteiger partial charge is 0.467 e. The molecule has 0 unspecified atom stereocenters. The molecule has 2 aliphatic heterocycles. The van der Waals surface area contributed by atoms with E-state index in [-0.39, 0.29) is 31.2 Å². The molecule has 1 atom stereocenters. The summed E-state index contributed by atoms with van der Waals surface area (Å²) in [6, 6.07) is 2.18. The van der Waals surface area contributed by atoms with Gasteiger partial charge in [0.1, 0.15) is 11.8 Å². The van der Waals surface area contributed by atoms with Crippen LogP contribution < -0.4 is 10.6 Å². The van der Waals surface area contributed by atoms with E-state index in [1.807, 2.05) is 4.90 Å². The maximum atomic E-state index is 12.6. The monoisotopic (exact) mass is 390 g/mol. The Balaban J connectivity index is 1.82. The van der Waals surface area contributed by atoms with Gasteiger partial charge in [-0.1, -0.05) is 0 Å². The lowest BCUT2D eigenvalue weighted by Crippen LogP contribution is -2.49. The number of nitrogens with one attached hydrogen (secondary N) is 2. The molecule has 1 aromatic heterocycles. The number of esters is 1. The summed E-state index contributed by atoms with van der Waals surface area (Å²) >= 11 is 0. The number of rotatable bonds is 7. The minimum atomic E-state index is -0.750. The Labute approximate surface area is 163 Å². The fourth-order valence-corrected chi connectivity index (χ4v) is 3.48. The summed E-state index contributed by atoms with van der Waals surface area (Å²) in [4.78, 5) is 40.8. The lowest BCUT2D eigenvalue weighted by atomic mass is 10.00. The van der Waals surface area contributed by atoms with Crippen molar-refractivity contribution in [1.29, 1.82) is 0 Å². The number of likely N-dealkylation sites (tertiary alicyclic amines) is 1. The average molecular weight is 390 g/mol. The number of likely N-dealkylation sites (N-methyl/N-ethyl adjacent to an activating group) is 1. The lowest BCUT2D eigenvalue weighted by Gasteiger charge is -2.30. The molecule has 3 amide bonds. The molecule has 0 aromatic carbocycles. The summed E-state index contributed by atoms with van der Waals surface area (Å²) in [5, 5.41) is 5.39. The van der Waals surface area contributed by atoms with Crippen LogP contribution in [0.2, 0.25) is 0 Å². The van der Waals surface area contributed by atoms with Crippen molar-refractivity contribution in [2.24, 2.45) is 0 Å². The highest BCUT2D eigenvalue weighted by atomic mass is 16.5. The van der Waals surface area contributed by atoms with Crippen molar-refractivity contribution in [1.82, 2.24) is 20.4 Å². The lowest BCUT2D eigenvalue weighted by molar-refractivity contribution is -0.139. The number of furan rings is 1. The highest BCUT2D eigenvalue weighted by Gasteiger charge is 2.35. The molecule has 9 nitrogen and oxygen atoms in total. The standard InChI is InChI=1S/C19H26N4O5/c1-3-27-18(25)16-13(11-22(2)12-15(24)23-8-4-5-9-23)20-19(26)21-17(16)14-7-6-10-28-14/h6-7,10,17H,3-5,8-9,11-12H2,1-2H3,(H2,20,21,26)/t17-/m0/s1. The van der Waals surface area contributed by atoms with Crippen LogP contribution in [0.25, 0.3) is 0 Å². The van der Waals surface area contributed by atoms with Gasteiger partial charge in [0.15, 0.2) is 0 Å². The van der Waals surface area contributed by atoms with Gasteiger partial charge in [0.05, 0.1) is 25.0 Å². The van der Waals surface area contributed by atoms with Crippen molar-refractivity contribution in [2.45, 2.75) is 25.8 Å². The van der Waals surface area contributed by atoms with E-state index in [1.54, 1.807) is 31.0 Å². The second kappa shape index (κ2) is 8.92. The SMILES string of the molecule is CCOC(=O)C1=C(CN(C)CC(=O)N2CCCC2)NC(=O)N[C@H]1c1ccco1. The molecule has 2 N–H and O–H groups in total. The maximum absolute atomic E-state index is 12.6. The number of urea groups is 1. The topological polar surface area (TPSA) is 104 Å². The third kappa shape index (κ3) is 4.53. The molecule has 0 spiro atoms. The summed E-state index contributed by atoms with van der Waals surface area (Å²) in [5.74, 6) is -0.0574. The second-order valence-electron chi connectivity index (χ2n) is 6.92. The van der Waals surface area contributed by atoms with Gasteiger partial charge in [-0.3, -0.25) is 9.69 Å². The number of carbonyl (C=O) groups excluding carboxylic acids is 3. The highest BCUT2D eigenvalue weighted by Crippen LogP contribution is 2.28. The van der Waals surface area contributed by atoms with Crippen LogP contribution in [0.1, 0.15) is 31.6 Å². The zero-order valence-corrected chi connectivity index (χ0v) is 16.2. The summed E-state index contributed by atoms with van der Waals surface area (Å²) in [6.45, 7) is 3.91. The van der Waals surface area contributed by atoms with Crippen LogP contribution in [0.15, 0.2) is 34.1 Å². The molecule has 2 aliphatic rings. The van der Waals surface area contributed by atoms with E-state index in [9.17, 15) is 14.4 Å². The van der Waals surface area contributed by atoms with Crippen molar-refractivity contribution < 1.29 is 23.5 Å². The van der Waals surface area contributed by atoms with Crippen molar-refractivity contribution in [3.8, 4) is 0 Å². The Kier molecular flexibility index (Phi) is 6.35. The molecule has 1 fully saturated rings. The zero-order chi connectivity index (χ0) is 20.1. The quantitative estimate of drug-likeness (QED) is 0.674. The molecule has 1 aromatic rings. The first-order valence-corrected chi connectivity index (χ1v) is 9.47. The van der Waals surface area contributed by atoms with Crippen molar-refractivity contribution >= 4 is 17.9 Å². The molecule has 0 aliphatic carbocycles. The maximum Gasteiger partial charge on any atom is 0.338 e. The Hall–Kier alpha value is -2.81. The number of amides is 3. The molecule has 9 heteroatoms. The van der Waals surface area contributed by atoms with Gasteiger partial charge in [-0.2, -0.15) is 0 Å². The van der Waals surface area contributed by atoms with Crippen LogP contribution in [0.3, 0.4) is 0 Å². The van der Waals surface area contributed by atoms with Gasteiger partial charge < -0.3 is 24.7 Å². The normalized spacial score (nSPS) is 19.6. The summed E-state index contributed by atoms with van der Waals surface area (Å²) in [5.41, 5.74) is 0.678. The van der Waals surface area contributed by atoms with E-state index in [0.717, 1.165) is 25.9 Å². The first-order chi connectivity index (χ1) is 13.5. The summed E-state index contributed by atoms with van der Waals surface area (Å²) in [7, 11) is 1.78.